The average Bonchev–Trinajstić information content (AvgIpc) is 2.87. The number of ether oxygens (including phenoxy) is 1. The molecule has 3 fully saturated rings. The second-order valence-corrected chi connectivity index (χ2v) is 7.85. The highest BCUT2D eigenvalue weighted by Gasteiger charge is 2.67. The Hall–Kier alpha value is -0.160. The molecule has 2 N–H and O–H groups in total. The third kappa shape index (κ3) is 2.04. The van der Waals surface area contributed by atoms with Crippen LogP contribution in [-0.2, 0) is 4.74 Å². The van der Waals surface area contributed by atoms with Crippen molar-refractivity contribution in [2.75, 3.05) is 39.3 Å². The number of piperazine rings is 1. The lowest BCUT2D eigenvalue weighted by atomic mass is 9.48. The molecular formula is C16H31N3O. The van der Waals surface area contributed by atoms with Gasteiger partial charge in [-0.15, -0.1) is 0 Å². The highest BCUT2D eigenvalue weighted by Crippen LogP contribution is 2.58. The van der Waals surface area contributed by atoms with Gasteiger partial charge in [-0.2, -0.15) is 0 Å². The zero-order chi connectivity index (χ0) is 14.5. The van der Waals surface area contributed by atoms with Crippen LogP contribution in [0.3, 0.4) is 0 Å². The summed E-state index contributed by atoms with van der Waals surface area (Å²) in [4.78, 5) is 5.14. The lowest BCUT2D eigenvalue weighted by molar-refractivity contribution is -0.164. The monoisotopic (exact) mass is 281 g/mol. The Morgan fingerprint density at radius 2 is 1.85 bits per heavy atom. The van der Waals surface area contributed by atoms with Gasteiger partial charge in [-0.25, -0.2) is 0 Å². The molecule has 116 valence electrons. The van der Waals surface area contributed by atoms with Gasteiger partial charge in [0.05, 0.1) is 6.10 Å². The smallest absolute Gasteiger partial charge is 0.0691 e. The van der Waals surface area contributed by atoms with Gasteiger partial charge >= 0.3 is 0 Å². The van der Waals surface area contributed by atoms with Gasteiger partial charge in [0.2, 0.25) is 0 Å². The third-order valence-electron chi connectivity index (χ3n) is 6.29. The van der Waals surface area contributed by atoms with E-state index in [1.54, 1.807) is 0 Å². The van der Waals surface area contributed by atoms with Crippen molar-refractivity contribution in [2.45, 2.75) is 51.8 Å². The van der Waals surface area contributed by atoms with Gasteiger partial charge in [-0.1, -0.05) is 13.8 Å². The van der Waals surface area contributed by atoms with Crippen molar-refractivity contribution >= 4 is 0 Å². The van der Waals surface area contributed by atoms with Crippen LogP contribution in [0.1, 0.15) is 34.1 Å². The highest BCUT2D eigenvalue weighted by atomic mass is 16.5. The minimum Gasteiger partial charge on any atom is -0.377 e. The predicted octanol–water partition coefficient (Wildman–Crippen LogP) is 1.15. The van der Waals surface area contributed by atoms with E-state index in [-0.39, 0.29) is 11.0 Å². The topological polar surface area (TPSA) is 41.7 Å². The molecule has 3 unspecified atom stereocenters. The molecule has 3 atom stereocenters. The lowest BCUT2D eigenvalue weighted by Crippen LogP contribution is -2.78. The first-order chi connectivity index (χ1) is 9.36. The van der Waals surface area contributed by atoms with Crippen LogP contribution in [0.15, 0.2) is 0 Å². The molecule has 4 nitrogen and oxygen atoms in total. The molecule has 1 aliphatic carbocycles. The van der Waals surface area contributed by atoms with E-state index in [0.29, 0.717) is 18.1 Å². The van der Waals surface area contributed by atoms with Gasteiger partial charge in [0, 0.05) is 62.2 Å². The maximum atomic E-state index is 6.86. The number of hydrogen-bond acceptors (Lipinski definition) is 4. The molecule has 0 radical (unpaired) electrons. The lowest BCUT2D eigenvalue weighted by Gasteiger charge is -2.63. The van der Waals surface area contributed by atoms with Gasteiger partial charge in [-0.05, 0) is 20.3 Å². The van der Waals surface area contributed by atoms with Crippen molar-refractivity contribution in [2.24, 2.45) is 17.1 Å². The van der Waals surface area contributed by atoms with Crippen molar-refractivity contribution in [1.82, 2.24) is 9.80 Å². The summed E-state index contributed by atoms with van der Waals surface area (Å²) in [5.74, 6) is 0.570. The van der Waals surface area contributed by atoms with Gasteiger partial charge in [-0.3, -0.25) is 9.80 Å². The summed E-state index contributed by atoms with van der Waals surface area (Å²) in [6.07, 6.45) is 1.54. The molecule has 4 heteroatoms. The molecule has 2 saturated heterocycles. The van der Waals surface area contributed by atoms with Crippen LogP contribution in [0.5, 0.6) is 0 Å². The van der Waals surface area contributed by atoms with E-state index in [0.717, 1.165) is 32.7 Å². The molecule has 1 saturated carbocycles. The maximum absolute atomic E-state index is 6.86. The molecule has 20 heavy (non-hydrogen) atoms. The number of hydrogen-bond donors (Lipinski definition) is 1. The van der Waals surface area contributed by atoms with Crippen LogP contribution < -0.4 is 5.73 Å². The standard InChI is InChI=1S/C16H31N3O/c1-12(2)19-8-6-18(7-9-19)11-16(17)13-5-10-20-14(13)15(16,3)4/h12-14H,5-11,17H2,1-4H3. The van der Waals surface area contributed by atoms with E-state index in [1.807, 2.05) is 0 Å². The van der Waals surface area contributed by atoms with Crippen LogP contribution in [0.4, 0.5) is 0 Å². The average molecular weight is 281 g/mol. The van der Waals surface area contributed by atoms with Crippen LogP contribution in [0, 0.1) is 11.3 Å². The molecule has 0 bridgehead atoms. The number of nitrogens with two attached hydrogens (primary N) is 1. The van der Waals surface area contributed by atoms with Gasteiger partial charge < -0.3 is 10.5 Å². The number of nitrogens with zero attached hydrogens (tertiary/aromatic N) is 2. The highest BCUT2D eigenvalue weighted by molar-refractivity contribution is 5.21. The Balaban J connectivity index is 1.61. The fourth-order valence-corrected chi connectivity index (χ4v) is 4.60. The van der Waals surface area contributed by atoms with Crippen molar-refractivity contribution in [3.8, 4) is 0 Å². The van der Waals surface area contributed by atoms with Gasteiger partial charge in [0.15, 0.2) is 0 Å². The molecule has 0 aromatic heterocycles. The Labute approximate surface area is 123 Å². The summed E-state index contributed by atoms with van der Waals surface area (Å²) in [5, 5.41) is 0. The summed E-state index contributed by atoms with van der Waals surface area (Å²) in [7, 11) is 0. The van der Waals surface area contributed by atoms with Gasteiger partial charge in [0.25, 0.3) is 0 Å². The Kier molecular flexibility index (Phi) is 3.65. The van der Waals surface area contributed by atoms with Crippen molar-refractivity contribution in [3.05, 3.63) is 0 Å². The van der Waals surface area contributed by atoms with E-state index < -0.39 is 0 Å². The summed E-state index contributed by atoms with van der Waals surface area (Å²) in [6.45, 7) is 15.8. The molecule has 0 aromatic rings. The fraction of sp³-hybridized carbons (Fsp3) is 1.00. The predicted molar refractivity (Wildman–Crippen MR) is 81.7 cm³/mol. The summed E-state index contributed by atoms with van der Waals surface area (Å²) in [5.41, 5.74) is 6.91. The molecule has 3 rings (SSSR count). The normalized spacial score (nSPS) is 41.7. The van der Waals surface area contributed by atoms with Crippen LogP contribution in [-0.4, -0.2) is 66.8 Å². The van der Waals surface area contributed by atoms with Crippen LogP contribution in [0.2, 0.25) is 0 Å². The second kappa shape index (κ2) is 4.94. The first-order valence-electron chi connectivity index (χ1n) is 8.23. The van der Waals surface area contributed by atoms with E-state index in [2.05, 4.69) is 37.5 Å². The second-order valence-electron chi connectivity index (χ2n) is 7.85. The Bertz CT molecular complexity index is 363. The van der Waals surface area contributed by atoms with Crippen LogP contribution >= 0.6 is 0 Å². The van der Waals surface area contributed by atoms with E-state index >= 15 is 0 Å². The quantitative estimate of drug-likeness (QED) is 0.843. The fourth-order valence-electron chi connectivity index (χ4n) is 4.60. The summed E-state index contributed by atoms with van der Waals surface area (Å²) < 4.78 is 5.89. The van der Waals surface area contributed by atoms with Crippen molar-refractivity contribution in [1.29, 1.82) is 0 Å². The molecule has 0 spiro atoms. The minimum atomic E-state index is -0.0613. The molecule has 2 heterocycles. The van der Waals surface area contributed by atoms with Crippen molar-refractivity contribution < 1.29 is 4.74 Å². The molecule has 2 aliphatic heterocycles. The van der Waals surface area contributed by atoms with E-state index in [1.165, 1.54) is 13.1 Å². The number of rotatable bonds is 3. The molecule has 0 aromatic carbocycles. The summed E-state index contributed by atoms with van der Waals surface area (Å²) in [6, 6.07) is 0.664. The summed E-state index contributed by atoms with van der Waals surface area (Å²) >= 11 is 0. The first kappa shape index (κ1) is 14.8. The van der Waals surface area contributed by atoms with Gasteiger partial charge in [0.1, 0.15) is 0 Å². The minimum absolute atomic E-state index is 0.0613. The third-order valence-corrected chi connectivity index (χ3v) is 6.29. The number of fused-ring (bicyclic) bond motifs is 1. The Morgan fingerprint density at radius 1 is 1.20 bits per heavy atom. The van der Waals surface area contributed by atoms with Crippen LogP contribution in [0.25, 0.3) is 0 Å². The van der Waals surface area contributed by atoms with E-state index in [4.69, 9.17) is 10.5 Å². The first-order valence-corrected chi connectivity index (χ1v) is 8.23. The van der Waals surface area contributed by atoms with E-state index in [9.17, 15) is 0 Å². The SMILES string of the molecule is CC(C)N1CCN(CC2(N)C3CCOC3C2(C)C)CC1. The molecule has 0 amide bonds. The molecule has 3 aliphatic rings. The zero-order valence-electron chi connectivity index (χ0n) is 13.6. The Morgan fingerprint density at radius 3 is 2.45 bits per heavy atom. The zero-order valence-corrected chi connectivity index (χ0v) is 13.6. The largest absolute Gasteiger partial charge is 0.377 e. The van der Waals surface area contributed by atoms with Crippen molar-refractivity contribution in [3.63, 3.8) is 0 Å². The molecular weight excluding hydrogens is 250 g/mol. The maximum Gasteiger partial charge on any atom is 0.0691 e.